The Labute approximate surface area is 143 Å². The van der Waals surface area contributed by atoms with Crippen LogP contribution < -0.4 is 5.32 Å². The first-order chi connectivity index (χ1) is 9.88. The predicted octanol–water partition coefficient (Wildman–Crippen LogP) is 3.17. The number of aliphatic hydroxyl groups excluding tert-OH is 1. The van der Waals surface area contributed by atoms with Gasteiger partial charge in [-0.05, 0) is 18.6 Å². The van der Waals surface area contributed by atoms with Crippen LogP contribution in [0.25, 0.3) is 0 Å². The Morgan fingerprint density at radius 3 is 2.50 bits per heavy atom. The molecule has 1 aromatic rings. The SMILES string of the molecule is Cc1ccc(F)c([C@H](N2CCNCC2)C(C)(C)CO)c1Cl.Cl. The number of hydrogen-bond acceptors (Lipinski definition) is 3. The van der Waals surface area contributed by atoms with Gasteiger partial charge in [0.15, 0.2) is 0 Å². The second-order valence-corrected chi connectivity index (χ2v) is 6.81. The summed E-state index contributed by atoms with van der Waals surface area (Å²) in [6.45, 7) is 9.13. The van der Waals surface area contributed by atoms with Crippen molar-refractivity contribution >= 4 is 24.0 Å². The molecular formula is C16H25Cl2FN2O. The molecule has 1 fully saturated rings. The molecule has 1 saturated heterocycles. The summed E-state index contributed by atoms with van der Waals surface area (Å²) in [5, 5.41) is 13.6. The van der Waals surface area contributed by atoms with Crippen LogP contribution in [0.2, 0.25) is 5.02 Å². The lowest BCUT2D eigenvalue weighted by atomic mass is 9.79. The molecule has 2 rings (SSSR count). The number of aliphatic hydroxyl groups is 1. The Bertz CT molecular complexity index is 505. The van der Waals surface area contributed by atoms with Crippen molar-refractivity contribution in [2.45, 2.75) is 26.8 Å². The van der Waals surface area contributed by atoms with Crippen LogP contribution >= 0.6 is 24.0 Å². The molecule has 22 heavy (non-hydrogen) atoms. The third kappa shape index (κ3) is 3.92. The van der Waals surface area contributed by atoms with Crippen molar-refractivity contribution in [2.75, 3.05) is 32.8 Å². The molecule has 0 bridgehead atoms. The van der Waals surface area contributed by atoms with E-state index in [0.29, 0.717) is 10.6 Å². The number of nitrogens with zero attached hydrogens (tertiary/aromatic N) is 1. The fraction of sp³-hybridized carbons (Fsp3) is 0.625. The molecule has 126 valence electrons. The van der Waals surface area contributed by atoms with E-state index in [-0.39, 0.29) is 30.9 Å². The van der Waals surface area contributed by atoms with Gasteiger partial charge < -0.3 is 10.4 Å². The Hall–Kier alpha value is -0.390. The van der Waals surface area contributed by atoms with Gasteiger partial charge in [0.2, 0.25) is 0 Å². The van der Waals surface area contributed by atoms with Gasteiger partial charge in [0.25, 0.3) is 0 Å². The van der Waals surface area contributed by atoms with E-state index in [4.69, 9.17) is 11.6 Å². The fourth-order valence-electron chi connectivity index (χ4n) is 3.02. The average molecular weight is 351 g/mol. The van der Waals surface area contributed by atoms with Crippen LogP contribution in [-0.2, 0) is 0 Å². The summed E-state index contributed by atoms with van der Waals surface area (Å²) in [6.07, 6.45) is 0. The molecule has 1 aromatic carbocycles. The molecule has 3 nitrogen and oxygen atoms in total. The van der Waals surface area contributed by atoms with Crippen molar-refractivity contribution < 1.29 is 9.50 Å². The molecule has 0 radical (unpaired) electrons. The van der Waals surface area contributed by atoms with Crippen LogP contribution in [0.1, 0.15) is 31.0 Å². The maximum Gasteiger partial charge on any atom is 0.129 e. The minimum absolute atomic E-state index is 0. The summed E-state index contributed by atoms with van der Waals surface area (Å²) >= 11 is 6.41. The molecule has 0 saturated carbocycles. The lowest BCUT2D eigenvalue weighted by molar-refractivity contribution is 0.0287. The van der Waals surface area contributed by atoms with E-state index >= 15 is 0 Å². The highest BCUT2D eigenvalue weighted by molar-refractivity contribution is 6.32. The molecule has 0 aliphatic carbocycles. The van der Waals surface area contributed by atoms with Crippen LogP contribution in [0.3, 0.4) is 0 Å². The van der Waals surface area contributed by atoms with E-state index in [1.165, 1.54) is 6.07 Å². The van der Waals surface area contributed by atoms with Crippen molar-refractivity contribution in [3.63, 3.8) is 0 Å². The number of nitrogens with one attached hydrogen (secondary N) is 1. The molecule has 1 atom stereocenters. The minimum Gasteiger partial charge on any atom is -0.396 e. The zero-order valence-electron chi connectivity index (χ0n) is 13.3. The molecule has 1 heterocycles. The highest BCUT2D eigenvalue weighted by Gasteiger charge is 2.38. The Kier molecular flexibility index (Phi) is 7.09. The highest BCUT2D eigenvalue weighted by Crippen LogP contribution is 2.43. The van der Waals surface area contributed by atoms with Crippen molar-refractivity contribution in [2.24, 2.45) is 5.41 Å². The Balaban J connectivity index is 0.00000242. The summed E-state index contributed by atoms with van der Waals surface area (Å²) in [7, 11) is 0. The van der Waals surface area contributed by atoms with Gasteiger partial charge in [0.1, 0.15) is 5.82 Å². The first kappa shape index (κ1) is 19.7. The van der Waals surface area contributed by atoms with Gasteiger partial charge in [0, 0.05) is 49.8 Å². The van der Waals surface area contributed by atoms with Gasteiger partial charge in [-0.1, -0.05) is 31.5 Å². The predicted molar refractivity (Wildman–Crippen MR) is 91.4 cm³/mol. The monoisotopic (exact) mass is 350 g/mol. The summed E-state index contributed by atoms with van der Waals surface area (Å²) < 4.78 is 14.5. The number of halogens is 3. The molecule has 0 unspecified atom stereocenters. The van der Waals surface area contributed by atoms with E-state index < -0.39 is 5.41 Å². The number of hydrogen-bond donors (Lipinski definition) is 2. The normalized spacial score (nSPS) is 17.9. The van der Waals surface area contributed by atoms with Crippen LogP contribution in [0, 0.1) is 18.2 Å². The van der Waals surface area contributed by atoms with Crippen LogP contribution in [-0.4, -0.2) is 42.8 Å². The third-order valence-electron chi connectivity index (χ3n) is 4.26. The van der Waals surface area contributed by atoms with E-state index in [1.54, 1.807) is 6.07 Å². The zero-order chi connectivity index (χ0) is 15.6. The molecule has 0 spiro atoms. The summed E-state index contributed by atoms with van der Waals surface area (Å²) in [5.74, 6) is -0.296. The van der Waals surface area contributed by atoms with Crippen molar-refractivity contribution in [1.29, 1.82) is 0 Å². The van der Waals surface area contributed by atoms with E-state index in [2.05, 4.69) is 10.2 Å². The Morgan fingerprint density at radius 2 is 1.95 bits per heavy atom. The lowest BCUT2D eigenvalue weighted by Gasteiger charge is -2.44. The molecule has 2 N–H and O–H groups in total. The number of rotatable bonds is 4. The van der Waals surface area contributed by atoms with Gasteiger partial charge in [0.05, 0.1) is 5.02 Å². The van der Waals surface area contributed by atoms with Crippen molar-refractivity contribution in [1.82, 2.24) is 10.2 Å². The van der Waals surface area contributed by atoms with Gasteiger partial charge in [-0.3, -0.25) is 4.90 Å². The fourth-order valence-corrected chi connectivity index (χ4v) is 3.28. The summed E-state index contributed by atoms with van der Waals surface area (Å²) in [5.41, 5.74) is 0.898. The number of aryl methyl sites for hydroxylation is 1. The van der Waals surface area contributed by atoms with Gasteiger partial charge >= 0.3 is 0 Å². The number of piperazine rings is 1. The van der Waals surface area contributed by atoms with Gasteiger partial charge in [-0.15, -0.1) is 12.4 Å². The molecule has 0 amide bonds. The zero-order valence-corrected chi connectivity index (χ0v) is 14.9. The summed E-state index contributed by atoms with van der Waals surface area (Å²) in [4.78, 5) is 2.22. The average Bonchev–Trinajstić information content (AvgIpc) is 2.48. The molecule has 6 heteroatoms. The van der Waals surface area contributed by atoms with Gasteiger partial charge in [-0.25, -0.2) is 4.39 Å². The maximum absolute atomic E-state index is 14.5. The van der Waals surface area contributed by atoms with Gasteiger partial charge in [-0.2, -0.15) is 0 Å². The second-order valence-electron chi connectivity index (χ2n) is 6.43. The third-order valence-corrected chi connectivity index (χ3v) is 4.76. The van der Waals surface area contributed by atoms with E-state index in [9.17, 15) is 9.50 Å². The largest absolute Gasteiger partial charge is 0.396 e. The van der Waals surface area contributed by atoms with Crippen molar-refractivity contribution in [3.05, 3.63) is 34.1 Å². The van der Waals surface area contributed by atoms with Crippen LogP contribution in [0.4, 0.5) is 4.39 Å². The molecular weight excluding hydrogens is 326 g/mol. The van der Waals surface area contributed by atoms with E-state index in [1.807, 2.05) is 20.8 Å². The maximum atomic E-state index is 14.5. The quantitative estimate of drug-likeness (QED) is 0.875. The standard InChI is InChI=1S/C16H24ClFN2O.ClH/c1-11-4-5-12(18)13(14(11)17)15(16(2,3)10-21)20-8-6-19-7-9-20;/h4-5,15,19,21H,6-10H2,1-3H3;1H/t15-;/m0./s1. The molecule has 1 aliphatic rings. The first-order valence-electron chi connectivity index (χ1n) is 7.38. The highest BCUT2D eigenvalue weighted by atomic mass is 35.5. The Morgan fingerprint density at radius 1 is 1.36 bits per heavy atom. The topological polar surface area (TPSA) is 35.5 Å². The smallest absolute Gasteiger partial charge is 0.129 e. The summed E-state index contributed by atoms with van der Waals surface area (Å²) in [6, 6.07) is 2.93. The first-order valence-corrected chi connectivity index (χ1v) is 7.76. The number of benzene rings is 1. The molecule has 1 aliphatic heterocycles. The minimum atomic E-state index is -0.477. The molecule has 0 aromatic heterocycles. The second kappa shape index (κ2) is 7.93. The van der Waals surface area contributed by atoms with Crippen LogP contribution in [0.15, 0.2) is 12.1 Å². The van der Waals surface area contributed by atoms with Crippen molar-refractivity contribution in [3.8, 4) is 0 Å². The van der Waals surface area contributed by atoms with Crippen LogP contribution in [0.5, 0.6) is 0 Å². The van der Waals surface area contributed by atoms with E-state index in [0.717, 1.165) is 31.7 Å². The lowest BCUT2D eigenvalue weighted by Crippen LogP contribution is -2.50.